The van der Waals surface area contributed by atoms with Gasteiger partial charge in [0.25, 0.3) is 0 Å². The van der Waals surface area contributed by atoms with E-state index in [0.717, 1.165) is 55.7 Å². The van der Waals surface area contributed by atoms with Crippen molar-refractivity contribution in [2.75, 3.05) is 33.0 Å². The zero-order chi connectivity index (χ0) is 44.0. The first-order valence-electron chi connectivity index (χ1n) is 24.2. The van der Waals surface area contributed by atoms with Crippen molar-refractivity contribution < 1.29 is 28.4 Å². The molecule has 4 aromatic rings. The maximum Gasteiger partial charge on any atom is 0.125 e. The Morgan fingerprint density at radius 1 is 0.403 bits per heavy atom. The lowest BCUT2D eigenvalue weighted by atomic mass is 9.96. The highest BCUT2D eigenvalue weighted by Gasteiger charge is 2.25. The van der Waals surface area contributed by atoms with Crippen LogP contribution < -0.4 is 18.9 Å². The molecule has 0 aromatic heterocycles. The largest absolute Gasteiger partial charge is 0.493 e. The van der Waals surface area contributed by atoms with Crippen LogP contribution in [0.4, 0.5) is 0 Å². The summed E-state index contributed by atoms with van der Waals surface area (Å²) in [7, 11) is 0. The van der Waals surface area contributed by atoms with Gasteiger partial charge in [-0.25, -0.2) is 0 Å². The fourth-order valence-corrected chi connectivity index (χ4v) is 9.11. The van der Waals surface area contributed by atoms with Crippen molar-refractivity contribution in [1.82, 2.24) is 0 Å². The zero-order valence-corrected chi connectivity index (χ0v) is 39.9. The summed E-state index contributed by atoms with van der Waals surface area (Å²) in [6, 6.07) is 18.0. The van der Waals surface area contributed by atoms with E-state index in [1.54, 1.807) is 0 Å². The molecule has 338 valence electrons. The summed E-state index contributed by atoms with van der Waals surface area (Å²) >= 11 is 0. The first kappa shape index (κ1) is 47.5. The van der Waals surface area contributed by atoms with Gasteiger partial charge in [0.05, 0.1) is 25.9 Å². The number of rotatable bonds is 28. The summed E-state index contributed by atoms with van der Waals surface area (Å²) in [5, 5.41) is 0. The molecule has 0 radical (unpaired) electrons. The fourth-order valence-electron chi connectivity index (χ4n) is 9.11. The number of hydrogen-bond donors (Lipinski definition) is 0. The van der Waals surface area contributed by atoms with Gasteiger partial charge in [0, 0.05) is 0 Å². The van der Waals surface area contributed by atoms with E-state index in [2.05, 4.69) is 111 Å². The minimum Gasteiger partial charge on any atom is -0.493 e. The van der Waals surface area contributed by atoms with Crippen molar-refractivity contribution in [2.45, 2.75) is 177 Å². The van der Waals surface area contributed by atoms with Gasteiger partial charge in [0.1, 0.15) is 48.4 Å². The molecule has 2 aliphatic rings. The molecular weight excluding hydrogens is 769 g/mol. The molecule has 6 rings (SSSR count). The van der Waals surface area contributed by atoms with Crippen LogP contribution in [0.1, 0.15) is 148 Å². The molecule has 0 amide bonds. The van der Waals surface area contributed by atoms with Crippen molar-refractivity contribution in [3.05, 3.63) is 93.0 Å². The Hall–Kier alpha value is -4.00. The van der Waals surface area contributed by atoms with E-state index in [4.69, 9.17) is 28.4 Å². The molecule has 0 spiro atoms. The molecule has 2 fully saturated rings. The number of hydrogen-bond acceptors (Lipinski definition) is 6. The first-order valence-corrected chi connectivity index (χ1v) is 24.2. The van der Waals surface area contributed by atoms with E-state index in [1.165, 1.54) is 150 Å². The molecule has 3 unspecified atom stereocenters. The molecule has 0 aliphatic carbocycles. The van der Waals surface area contributed by atoms with Crippen LogP contribution in [0.2, 0.25) is 0 Å². The Labute approximate surface area is 375 Å². The highest BCUT2D eigenvalue weighted by molar-refractivity contribution is 5.71. The average molecular weight is 847 g/mol. The molecule has 2 saturated heterocycles. The molecule has 3 atom stereocenters. The van der Waals surface area contributed by atoms with E-state index in [-0.39, 0.29) is 18.3 Å². The van der Waals surface area contributed by atoms with Gasteiger partial charge in [0.2, 0.25) is 0 Å². The molecule has 2 heterocycles. The molecule has 0 saturated carbocycles. The molecule has 4 aromatic carbocycles. The van der Waals surface area contributed by atoms with Gasteiger partial charge in [0.15, 0.2) is 0 Å². The predicted molar refractivity (Wildman–Crippen MR) is 257 cm³/mol. The van der Waals surface area contributed by atoms with E-state index >= 15 is 0 Å². The summed E-state index contributed by atoms with van der Waals surface area (Å²) in [6.07, 6.45) is 20.4. The van der Waals surface area contributed by atoms with Crippen LogP contribution in [-0.4, -0.2) is 51.3 Å². The topological polar surface area (TPSA) is 62.0 Å². The third-order valence-corrected chi connectivity index (χ3v) is 12.7. The van der Waals surface area contributed by atoms with E-state index in [9.17, 15) is 0 Å². The lowest BCUT2D eigenvalue weighted by Gasteiger charge is -2.20. The van der Waals surface area contributed by atoms with Crippen LogP contribution in [0.25, 0.3) is 22.3 Å². The van der Waals surface area contributed by atoms with Crippen LogP contribution in [-0.2, 0) is 9.47 Å². The Balaban J connectivity index is 0.756. The molecule has 6 heteroatoms. The molecule has 0 bridgehead atoms. The number of benzene rings is 4. The SMILES string of the molecule is Cc1cc(-c2cc(C)c(OCC3CO3)c(C)c2)cc(C)c1OCCCCCCCCCCCCCCCCC(C)Oc1c(C)cc(-c2cc(C)c(OCC3CO3)c(C)c2)cc1C. The van der Waals surface area contributed by atoms with Gasteiger partial charge in [-0.15, -0.1) is 0 Å². The second-order valence-electron chi connectivity index (χ2n) is 18.8. The van der Waals surface area contributed by atoms with Crippen molar-refractivity contribution in [1.29, 1.82) is 0 Å². The molecule has 62 heavy (non-hydrogen) atoms. The average Bonchev–Trinajstić information content (AvgIpc) is 4.17. The Morgan fingerprint density at radius 2 is 0.677 bits per heavy atom. The molecular formula is C56H78O6. The summed E-state index contributed by atoms with van der Waals surface area (Å²) in [5.74, 6) is 4.06. The Bertz CT molecular complexity index is 1950. The molecule has 0 N–H and O–H groups in total. The monoisotopic (exact) mass is 847 g/mol. The minimum absolute atomic E-state index is 0.221. The maximum absolute atomic E-state index is 6.53. The van der Waals surface area contributed by atoms with Crippen molar-refractivity contribution >= 4 is 0 Å². The third-order valence-electron chi connectivity index (χ3n) is 12.7. The number of aryl methyl sites for hydroxylation is 8. The van der Waals surface area contributed by atoms with Crippen LogP contribution in [0.15, 0.2) is 48.5 Å². The van der Waals surface area contributed by atoms with Crippen LogP contribution in [0.3, 0.4) is 0 Å². The highest BCUT2D eigenvalue weighted by Crippen LogP contribution is 2.37. The van der Waals surface area contributed by atoms with Gasteiger partial charge in [-0.2, -0.15) is 0 Å². The quantitative estimate of drug-likeness (QED) is 0.0419. The maximum atomic E-state index is 6.53. The number of unbranched alkanes of at least 4 members (excludes halogenated alkanes) is 13. The summed E-state index contributed by atoms with van der Waals surface area (Å²) in [6.45, 7) is 23.2. The van der Waals surface area contributed by atoms with Crippen LogP contribution in [0, 0.1) is 55.4 Å². The first-order chi connectivity index (χ1) is 30.0. The molecule has 6 nitrogen and oxygen atoms in total. The summed E-state index contributed by atoms with van der Waals surface area (Å²) < 4.78 is 35.6. The smallest absolute Gasteiger partial charge is 0.125 e. The third kappa shape index (κ3) is 14.5. The van der Waals surface area contributed by atoms with E-state index in [1.807, 2.05) is 0 Å². The zero-order valence-electron chi connectivity index (χ0n) is 39.9. The summed E-state index contributed by atoms with van der Waals surface area (Å²) in [5.41, 5.74) is 14.4. The predicted octanol–water partition coefficient (Wildman–Crippen LogP) is 14.7. The van der Waals surface area contributed by atoms with Crippen molar-refractivity contribution in [3.63, 3.8) is 0 Å². The molecule has 2 aliphatic heterocycles. The van der Waals surface area contributed by atoms with Gasteiger partial charge < -0.3 is 28.4 Å². The fraction of sp³-hybridized carbons (Fsp3) is 0.571. The second-order valence-corrected chi connectivity index (χ2v) is 18.8. The van der Waals surface area contributed by atoms with Gasteiger partial charge in [-0.05, 0) is 197 Å². The normalized spacial score (nSPS) is 16.0. The second kappa shape index (κ2) is 23.6. The van der Waals surface area contributed by atoms with Crippen molar-refractivity contribution in [2.24, 2.45) is 0 Å². The standard InChI is InChI=1S/C56H78O6/c1-38-26-47(48-28-40(3)54(41(4)29-48)60-36-51-34-58-51)27-39(2)53(38)57-25-23-21-19-17-15-13-11-10-12-14-16-18-20-22-24-46(9)62-56-44(7)32-50(33-45(56)8)49-30-42(5)55(43(6)31-49)61-37-52-35-59-52/h26-33,46,51-52H,10-25,34-37H2,1-9H3. The lowest BCUT2D eigenvalue weighted by molar-refractivity contribution is 0.203. The van der Waals surface area contributed by atoms with Crippen molar-refractivity contribution in [3.8, 4) is 45.3 Å². The van der Waals surface area contributed by atoms with E-state index in [0.29, 0.717) is 13.2 Å². The Morgan fingerprint density at radius 3 is 1.00 bits per heavy atom. The number of epoxide rings is 2. The van der Waals surface area contributed by atoms with Gasteiger partial charge in [-0.1, -0.05) is 77.0 Å². The van der Waals surface area contributed by atoms with Crippen LogP contribution >= 0.6 is 0 Å². The number of ether oxygens (including phenoxy) is 6. The van der Waals surface area contributed by atoms with Gasteiger partial charge >= 0.3 is 0 Å². The lowest BCUT2D eigenvalue weighted by Crippen LogP contribution is -2.13. The van der Waals surface area contributed by atoms with E-state index < -0.39 is 0 Å². The van der Waals surface area contributed by atoms with Gasteiger partial charge in [-0.3, -0.25) is 0 Å². The minimum atomic E-state index is 0.221. The summed E-state index contributed by atoms with van der Waals surface area (Å²) in [4.78, 5) is 0. The van der Waals surface area contributed by atoms with Crippen LogP contribution in [0.5, 0.6) is 23.0 Å². The Kier molecular flexibility index (Phi) is 18.1. The highest BCUT2D eigenvalue weighted by atomic mass is 16.6.